The molecular formula is C22H26O4. The summed E-state index contributed by atoms with van der Waals surface area (Å²) in [7, 11) is 0. The van der Waals surface area contributed by atoms with E-state index in [1.807, 2.05) is 36.4 Å². The number of unbranched alkanes of at least 4 members (excludes halogenated alkanes) is 2. The Balaban J connectivity index is 1.47. The van der Waals surface area contributed by atoms with Gasteiger partial charge in [0.2, 0.25) is 0 Å². The maximum Gasteiger partial charge on any atom is 0.355 e. The highest BCUT2D eigenvalue weighted by molar-refractivity contribution is 5.72. The van der Waals surface area contributed by atoms with E-state index in [2.05, 4.69) is 34.0 Å². The summed E-state index contributed by atoms with van der Waals surface area (Å²) in [5.41, 5.74) is 2.51. The first-order valence-corrected chi connectivity index (χ1v) is 9.22. The SMILES string of the molecule is O=C(CCCCc1ccccc1)OOC(=O)CCCCc1ccccc1. The molecule has 2 aromatic rings. The highest BCUT2D eigenvalue weighted by atomic mass is 17.2. The summed E-state index contributed by atoms with van der Waals surface area (Å²) in [6.45, 7) is 0. The van der Waals surface area contributed by atoms with Crippen molar-refractivity contribution in [3.8, 4) is 0 Å². The van der Waals surface area contributed by atoms with Crippen LogP contribution in [0.25, 0.3) is 0 Å². The highest BCUT2D eigenvalue weighted by Gasteiger charge is 2.09. The first-order valence-electron chi connectivity index (χ1n) is 9.22. The van der Waals surface area contributed by atoms with Crippen molar-refractivity contribution in [3.05, 3.63) is 71.8 Å². The molecule has 0 bridgehead atoms. The second-order valence-corrected chi connectivity index (χ2v) is 6.30. The van der Waals surface area contributed by atoms with Gasteiger partial charge in [-0.2, -0.15) is 0 Å². The summed E-state index contributed by atoms with van der Waals surface area (Å²) in [4.78, 5) is 32.3. The van der Waals surface area contributed by atoms with E-state index in [4.69, 9.17) is 0 Å². The highest BCUT2D eigenvalue weighted by Crippen LogP contribution is 2.09. The third-order valence-corrected chi connectivity index (χ3v) is 4.11. The zero-order valence-electron chi connectivity index (χ0n) is 15.1. The summed E-state index contributed by atoms with van der Waals surface area (Å²) in [5, 5.41) is 0. The first kappa shape index (κ1) is 19.7. The minimum atomic E-state index is -0.490. The Labute approximate surface area is 155 Å². The molecule has 0 N–H and O–H groups in total. The zero-order valence-corrected chi connectivity index (χ0v) is 15.1. The Hall–Kier alpha value is -2.62. The van der Waals surface area contributed by atoms with Crippen LogP contribution in [0.5, 0.6) is 0 Å². The fourth-order valence-corrected chi connectivity index (χ4v) is 2.66. The van der Waals surface area contributed by atoms with Crippen molar-refractivity contribution in [2.75, 3.05) is 0 Å². The van der Waals surface area contributed by atoms with Crippen molar-refractivity contribution in [1.29, 1.82) is 0 Å². The van der Waals surface area contributed by atoms with E-state index in [9.17, 15) is 9.59 Å². The molecule has 26 heavy (non-hydrogen) atoms. The maximum atomic E-state index is 11.6. The molecule has 0 aromatic heterocycles. The molecule has 0 spiro atoms. The Kier molecular flexibility index (Phi) is 8.98. The van der Waals surface area contributed by atoms with E-state index in [-0.39, 0.29) is 12.8 Å². The molecule has 0 aliphatic carbocycles. The molecule has 138 valence electrons. The van der Waals surface area contributed by atoms with Gasteiger partial charge in [0.15, 0.2) is 0 Å². The summed E-state index contributed by atoms with van der Waals surface area (Å²) >= 11 is 0. The number of aryl methyl sites for hydroxylation is 2. The van der Waals surface area contributed by atoms with Gasteiger partial charge in [0.05, 0.1) is 12.8 Å². The average Bonchev–Trinajstić information content (AvgIpc) is 2.68. The molecule has 0 aliphatic rings. The lowest BCUT2D eigenvalue weighted by molar-refractivity contribution is -0.259. The van der Waals surface area contributed by atoms with Crippen LogP contribution in [0.3, 0.4) is 0 Å². The Morgan fingerprint density at radius 3 is 1.35 bits per heavy atom. The van der Waals surface area contributed by atoms with Crippen LogP contribution in [0.1, 0.15) is 49.7 Å². The summed E-state index contributed by atoms with van der Waals surface area (Å²) < 4.78 is 0. The Morgan fingerprint density at radius 1 is 0.577 bits per heavy atom. The Bertz CT molecular complexity index is 593. The topological polar surface area (TPSA) is 52.6 Å². The van der Waals surface area contributed by atoms with E-state index in [0.29, 0.717) is 12.8 Å². The maximum absolute atomic E-state index is 11.6. The van der Waals surface area contributed by atoms with Crippen LogP contribution in [0.15, 0.2) is 60.7 Å². The first-order chi connectivity index (χ1) is 12.7. The Morgan fingerprint density at radius 2 is 0.962 bits per heavy atom. The molecule has 0 aliphatic heterocycles. The smallest absolute Gasteiger partial charge is 0.247 e. The molecule has 0 amide bonds. The molecule has 0 unspecified atom stereocenters. The van der Waals surface area contributed by atoms with Gasteiger partial charge in [-0.25, -0.2) is 19.4 Å². The summed E-state index contributed by atoms with van der Waals surface area (Å²) in [5.74, 6) is -0.980. The van der Waals surface area contributed by atoms with E-state index in [1.165, 1.54) is 11.1 Å². The second-order valence-electron chi connectivity index (χ2n) is 6.30. The molecule has 4 nitrogen and oxygen atoms in total. The lowest BCUT2D eigenvalue weighted by Crippen LogP contribution is -2.11. The molecule has 2 rings (SSSR count). The van der Waals surface area contributed by atoms with E-state index in [0.717, 1.165) is 25.7 Å². The van der Waals surface area contributed by atoms with Gasteiger partial charge in [0.25, 0.3) is 0 Å². The van der Waals surface area contributed by atoms with Crippen LogP contribution >= 0.6 is 0 Å². The standard InChI is InChI=1S/C22H26O4/c23-21(17-9-7-15-19-11-3-1-4-12-19)25-26-22(24)18-10-8-16-20-13-5-2-6-14-20/h1-6,11-14H,7-10,15-18H2. The van der Waals surface area contributed by atoms with E-state index < -0.39 is 11.9 Å². The predicted molar refractivity (Wildman–Crippen MR) is 100 cm³/mol. The number of benzene rings is 2. The van der Waals surface area contributed by atoms with Crippen molar-refractivity contribution >= 4 is 11.9 Å². The minimum Gasteiger partial charge on any atom is -0.247 e. The number of hydrogen-bond acceptors (Lipinski definition) is 4. The van der Waals surface area contributed by atoms with Gasteiger partial charge >= 0.3 is 11.9 Å². The number of carbonyl (C=O) groups is 2. The number of rotatable bonds is 10. The minimum absolute atomic E-state index is 0.258. The van der Waals surface area contributed by atoms with E-state index in [1.54, 1.807) is 0 Å². The molecule has 0 fully saturated rings. The average molecular weight is 354 g/mol. The van der Waals surface area contributed by atoms with Crippen LogP contribution in [-0.2, 0) is 32.2 Å². The summed E-state index contributed by atoms with van der Waals surface area (Å²) in [6.07, 6.45) is 5.58. The predicted octanol–water partition coefficient (Wildman–Crippen LogP) is 4.81. The van der Waals surface area contributed by atoms with Gasteiger partial charge in [-0.1, -0.05) is 60.7 Å². The normalized spacial score (nSPS) is 10.3. The van der Waals surface area contributed by atoms with Crippen LogP contribution in [-0.4, -0.2) is 11.9 Å². The fraction of sp³-hybridized carbons (Fsp3) is 0.364. The molecule has 4 heteroatoms. The second kappa shape index (κ2) is 11.9. The zero-order chi connectivity index (χ0) is 18.5. The van der Waals surface area contributed by atoms with Crippen molar-refractivity contribution < 1.29 is 19.4 Å². The van der Waals surface area contributed by atoms with Crippen LogP contribution in [0.2, 0.25) is 0 Å². The van der Waals surface area contributed by atoms with Gasteiger partial charge in [-0.05, 0) is 49.7 Å². The fourth-order valence-electron chi connectivity index (χ4n) is 2.66. The van der Waals surface area contributed by atoms with Crippen molar-refractivity contribution in [1.82, 2.24) is 0 Å². The molecular weight excluding hydrogens is 328 g/mol. The number of carbonyl (C=O) groups excluding carboxylic acids is 2. The van der Waals surface area contributed by atoms with Gasteiger partial charge in [-0.3, -0.25) is 0 Å². The van der Waals surface area contributed by atoms with Crippen molar-refractivity contribution in [3.63, 3.8) is 0 Å². The van der Waals surface area contributed by atoms with Crippen molar-refractivity contribution in [2.24, 2.45) is 0 Å². The van der Waals surface area contributed by atoms with E-state index >= 15 is 0 Å². The van der Waals surface area contributed by atoms with Crippen LogP contribution in [0, 0.1) is 0 Å². The largest absolute Gasteiger partial charge is 0.355 e. The lowest BCUT2D eigenvalue weighted by atomic mass is 10.1. The lowest BCUT2D eigenvalue weighted by Gasteiger charge is -2.04. The third kappa shape index (κ3) is 8.47. The third-order valence-electron chi connectivity index (χ3n) is 4.11. The molecule has 2 aromatic carbocycles. The summed E-state index contributed by atoms with van der Waals surface area (Å²) in [6, 6.07) is 20.2. The quantitative estimate of drug-likeness (QED) is 0.349. The molecule has 0 saturated heterocycles. The van der Waals surface area contributed by atoms with Gasteiger partial charge in [-0.15, -0.1) is 0 Å². The van der Waals surface area contributed by atoms with Crippen molar-refractivity contribution in [2.45, 2.75) is 51.4 Å². The van der Waals surface area contributed by atoms with Crippen LogP contribution in [0.4, 0.5) is 0 Å². The molecule has 0 radical (unpaired) electrons. The number of hydrogen-bond donors (Lipinski definition) is 0. The van der Waals surface area contributed by atoms with Crippen LogP contribution < -0.4 is 0 Å². The monoisotopic (exact) mass is 354 g/mol. The molecule has 0 atom stereocenters. The van der Waals surface area contributed by atoms with Gasteiger partial charge in [0.1, 0.15) is 0 Å². The molecule has 0 heterocycles. The molecule has 0 saturated carbocycles. The van der Waals surface area contributed by atoms with Gasteiger partial charge < -0.3 is 0 Å². The van der Waals surface area contributed by atoms with Gasteiger partial charge in [0, 0.05) is 0 Å².